The Morgan fingerprint density at radius 1 is 0.417 bits per heavy atom. The second kappa shape index (κ2) is 63.7. The molecule has 0 saturated carbocycles. The van der Waals surface area contributed by atoms with Crippen molar-refractivity contribution in [1.29, 1.82) is 0 Å². The number of allylic oxidation sites excluding steroid dienone is 9. The number of esters is 1. The number of unbranched alkanes of at least 4 members (excludes halogenated alkanes) is 42. The molecule has 10 heteroatoms. The number of carbonyl (C=O) groups excluding carboxylic acids is 2. The molecule has 84 heavy (non-hydrogen) atoms. The molecule has 0 aliphatic carbocycles. The Balaban J connectivity index is 5.06. The molecule has 0 aliphatic heterocycles. The lowest BCUT2D eigenvalue weighted by molar-refractivity contribution is -0.870. The number of rotatable bonds is 66. The Hall–Kier alpha value is -2.29. The smallest absolute Gasteiger partial charge is 0.456 e. The summed E-state index contributed by atoms with van der Waals surface area (Å²) in [5.41, 5.74) is 0. The van der Waals surface area contributed by atoms with Crippen LogP contribution in [-0.2, 0) is 27.9 Å². The standard InChI is InChI=1S/C74H139N2O7P/c1-7-10-13-16-19-22-25-28-30-32-34-36-38-40-42-44-46-48-51-54-57-60-63-66-73(77)75-71(70-82-84(79,80)81-69-68-76(4,5)6)72(65-62-59-56-53-50-27-24-21-18-15-12-9-3)83-74(78)67-64-61-58-55-52-49-47-45-43-41-39-37-35-33-31-29-26-23-20-17-14-11-8-2/h20,23,28-31,35,37,62,65,71-72H,7-19,21-22,24-27,32-34,36,38-61,63-64,66-70H2,1-6H3,(H-,75,77,79,80)/p+1/b23-20-,30-28+,31-29-,37-35-,65-62+. The number of hydrogen-bond acceptors (Lipinski definition) is 6. The Morgan fingerprint density at radius 3 is 1.12 bits per heavy atom. The highest BCUT2D eigenvalue weighted by Gasteiger charge is 2.30. The molecule has 2 N–H and O–H groups in total. The number of ether oxygens (including phenoxy) is 1. The highest BCUT2D eigenvalue weighted by Crippen LogP contribution is 2.43. The number of nitrogens with zero attached hydrogens (tertiary/aromatic N) is 1. The van der Waals surface area contributed by atoms with Gasteiger partial charge in [0.1, 0.15) is 19.3 Å². The van der Waals surface area contributed by atoms with E-state index in [0.717, 1.165) is 70.6 Å². The molecular formula is C74H140N2O7P+. The summed E-state index contributed by atoms with van der Waals surface area (Å²) < 4.78 is 30.8. The molecule has 0 aromatic rings. The first-order valence-corrected chi connectivity index (χ1v) is 37.6. The van der Waals surface area contributed by atoms with Gasteiger partial charge in [0.2, 0.25) is 5.91 Å². The van der Waals surface area contributed by atoms with Gasteiger partial charge in [0.25, 0.3) is 0 Å². The van der Waals surface area contributed by atoms with Crippen molar-refractivity contribution in [2.75, 3.05) is 40.9 Å². The van der Waals surface area contributed by atoms with E-state index in [2.05, 4.69) is 74.7 Å². The third-order valence-corrected chi connectivity index (χ3v) is 17.2. The molecule has 0 aliphatic rings. The Morgan fingerprint density at radius 2 is 0.726 bits per heavy atom. The molecule has 0 saturated heterocycles. The van der Waals surface area contributed by atoms with Crippen molar-refractivity contribution < 1.29 is 37.3 Å². The quantitative estimate of drug-likeness (QED) is 0.0205. The zero-order valence-electron chi connectivity index (χ0n) is 56.4. The number of carbonyl (C=O) groups is 2. The van der Waals surface area contributed by atoms with Crippen LogP contribution in [0.15, 0.2) is 60.8 Å². The average molecular weight is 1200 g/mol. The molecule has 0 rings (SSSR count). The molecule has 0 aromatic heterocycles. The minimum Gasteiger partial charge on any atom is -0.456 e. The predicted molar refractivity (Wildman–Crippen MR) is 365 cm³/mol. The van der Waals surface area contributed by atoms with Crippen LogP contribution in [0.3, 0.4) is 0 Å². The van der Waals surface area contributed by atoms with Gasteiger partial charge in [-0.3, -0.25) is 18.6 Å². The summed E-state index contributed by atoms with van der Waals surface area (Å²) >= 11 is 0. The molecule has 9 nitrogen and oxygen atoms in total. The van der Waals surface area contributed by atoms with Crippen LogP contribution in [0.25, 0.3) is 0 Å². The highest BCUT2D eigenvalue weighted by molar-refractivity contribution is 7.47. The van der Waals surface area contributed by atoms with Gasteiger partial charge in [0.05, 0.1) is 33.8 Å². The molecule has 3 atom stereocenters. The van der Waals surface area contributed by atoms with Gasteiger partial charge in [0.15, 0.2) is 0 Å². The molecule has 0 fully saturated rings. The lowest BCUT2D eigenvalue weighted by Gasteiger charge is -2.27. The van der Waals surface area contributed by atoms with Crippen molar-refractivity contribution in [2.45, 2.75) is 360 Å². The fraction of sp³-hybridized carbons (Fsp3) is 0.838. The van der Waals surface area contributed by atoms with Gasteiger partial charge >= 0.3 is 13.8 Å². The second-order valence-electron chi connectivity index (χ2n) is 25.8. The topological polar surface area (TPSA) is 111 Å². The Bertz CT molecular complexity index is 1620. The lowest BCUT2D eigenvalue weighted by Crippen LogP contribution is -2.47. The van der Waals surface area contributed by atoms with Crippen LogP contribution in [0.5, 0.6) is 0 Å². The van der Waals surface area contributed by atoms with E-state index in [4.69, 9.17) is 13.8 Å². The number of phosphoric ester groups is 1. The van der Waals surface area contributed by atoms with Gasteiger partial charge in [-0.15, -0.1) is 0 Å². The first-order chi connectivity index (χ1) is 40.9. The van der Waals surface area contributed by atoms with Crippen molar-refractivity contribution in [3.05, 3.63) is 60.8 Å². The SMILES string of the molecule is CCCCC/C=C\C/C=C\C/C=C\CCCCCCCCCCCCC(=O)OC(/C=C/CCCCCCCCCCCC)C(COP(=O)(O)OCC[N+](C)(C)C)NC(=O)CCCCCCCCCCCCCCC/C=C/CCCCCCCC. The van der Waals surface area contributed by atoms with Gasteiger partial charge in [-0.25, -0.2) is 4.57 Å². The summed E-state index contributed by atoms with van der Waals surface area (Å²) in [4.78, 5) is 37.9. The number of quaternary nitrogens is 1. The first-order valence-electron chi connectivity index (χ1n) is 36.1. The van der Waals surface area contributed by atoms with Gasteiger partial charge < -0.3 is 19.4 Å². The van der Waals surface area contributed by atoms with E-state index in [9.17, 15) is 19.0 Å². The molecule has 492 valence electrons. The van der Waals surface area contributed by atoms with Crippen molar-refractivity contribution in [3.63, 3.8) is 0 Å². The van der Waals surface area contributed by atoms with Gasteiger partial charge in [0, 0.05) is 12.8 Å². The average Bonchev–Trinajstić information content (AvgIpc) is 3.65. The van der Waals surface area contributed by atoms with Crippen molar-refractivity contribution >= 4 is 19.7 Å². The van der Waals surface area contributed by atoms with Crippen LogP contribution in [-0.4, -0.2) is 74.3 Å². The van der Waals surface area contributed by atoms with Crippen LogP contribution in [0.4, 0.5) is 0 Å². The maximum Gasteiger partial charge on any atom is 0.472 e. The first kappa shape index (κ1) is 81.7. The van der Waals surface area contributed by atoms with Gasteiger partial charge in [-0.05, 0) is 96.0 Å². The normalized spacial score (nSPS) is 13.8. The Kier molecular flexibility index (Phi) is 62.0. The maximum absolute atomic E-state index is 13.6. The second-order valence-corrected chi connectivity index (χ2v) is 27.2. The van der Waals surface area contributed by atoms with Crippen LogP contribution in [0.1, 0.15) is 348 Å². The van der Waals surface area contributed by atoms with Crippen LogP contribution in [0.2, 0.25) is 0 Å². The monoisotopic (exact) mass is 1200 g/mol. The lowest BCUT2D eigenvalue weighted by atomic mass is 10.0. The van der Waals surface area contributed by atoms with E-state index >= 15 is 0 Å². The number of amides is 1. The molecule has 0 spiro atoms. The summed E-state index contributed by atoms with van der Waals surface area (Å²) in [7, 11) is 1.50. The zero-order chi connectivity index (χ0) is 61.4. The number of hydrogen-bond donors (Lipinski definition) is 2. The third-order valence-electron chi connectivity index (χ3n) is 16.2. The summed E-state index contributed by atoms with van der Waals surface area (Å²) in [6.45, 7) is 7.02. The molecule has 1 amide bonds. The molecule has 0 aromatic carbocycles. The molecule has 0 heterocycles. The zero-order valence-corrected chi connectivity index (χ0v) is 57.3. The maximum atomic E-state index is 13.6. The van der Waals surface area contributed by atoms with E-state index in [1.807, 2.05) is 33.3 Å². The summed E-state index contributed by atoms with van der Waals surface area (Å²) in [5, 5.41) is 3.08. The van der Waals surface area contributed by atoms with E-state index in [1.54, 1.807) is 0 Å². The Labute approximate surface area is 521 Å². The highest BCUT2D eigenvalue weighted by atomic mass is 31.2. The number of likely N-dealkylation sites (N-methyl/N-ethyl adjacent to an activating group) is 1. The van der Waals surface area contributed by atoms with Crippen molar-refractivity contribution in [2.24, 2.45) is 0 Å². The molecule has 0 radical (unpaired) electrons. The number of nitrogens with one attached hydrogen (secondary N) is 1. The van der Waals surface area contributed by atoms with E-state index in [1.165, 1.54) is 244 Å². The van der Waals surface area contributed by atoms with Gasteiger partial charge in [-0.1, -0.05) is 300 Å². The van der Waals surface area contributed by atoms with E-state index < -0.39 is 20.0 Å². The van der Waals surface area contributed by atoms with Gasteiger partial charge in [-0.2, -0.15) is 0 Å². The van der Waals surface area contributed by atoms with E-state index in [-0.39, 0.29) is 31.5 Å². The molecule has 3 unspecified atom stereocenters. The molecular weight excluding hydrogens is 1060 g/mol. The van der Waals surface area contributed by atoms with Crippen LogP contribution in [0, 0.1) is 0 Å². The fourth-order valence-corrected chi connectivity index (χ4v) is 11.3. The minimum atomic E-state index is -4.46. The van der Waals surface area contributed by atoms with E-state index in [0.29, 0.717) is 17.4 Å². The third kappa shape index (κ3) is 64.2. The molecule has 0 bridgehead atoms. The van der Waals surface area contributed by atoms with Crippen LogP contribution < -0.4 is 5.32 Å². The fourth-order valence-electron chi connectivity index (χ4n) is 10.6. The predicted octanol–water partition coefficient (Wildman–Crippen LogP) is 23.0. The summed E-state index contributed by atoms with van der Waals surface area (Å²) in [5.74, 6) is -0.497. The summed E-state index contributed by atoms with van der Waals surface area (Å²) in [6, 6.07) is -0.851. The minimum absolute atomic E-state index is 0.0398. The largest absolute Gasteiger partial charge is 0.472 e. The van der Waals surface area contributed by atoms with Crippen molar-refractivity contribution in [1.82, 2.24) is 5.32 Å². The van der Waals surface area contributed by atoms with Crippen LogP contribution >= 0.6 is 7.82 Å². The summed E-state index contributed by atoms with van der Waals surface area (Å²) in [6.07, 6.45) is 82.3. The number of phosphoric acid groups is 1. The van der Waals surface area contributed by atoms with Crippen molar-refractivity contribution in [3.8, 4) is 0 Å².